The number of aliphatic hydroxyl groups excluding tert-OH is 1. The van der Waals surface area contributed by atoms with E-state index in [4.69, 9.17) is 5.11 Å². The molecule has 98 valence electrons. The van der Waals surface area contributed by atoms with Gasteiger partial charge in [0.15, 0.2) is 0 Å². The molecule has 18 heavy (non-hydrogen) atoms. The van der Waals surface area contributed by atoms with E-state index in [0.717, 1.165) is 29.7 Å². The number of hydrogen-bond donors (Lipinski definition) is 1. The minimum Gasteiger partial charge on any atom is -0.392 e. The Kier molecular flexibility index (Phi) is 3.20. The summed E-state index contributed by atoms with van der Waals surface area (Å²) in [7, 11) is 0. The van der Waals surface area contributed by atoms with Crippen molar-refractivity contribution < 1.29 is 5.11 Å². The van der Waals surface area contributed by atoms with E-state index in [2.05, 4.69) is 14.9 Å². The standard InChI is InChI=1S/C14H21N3O/c1-10-12(9-18)8-15-14(16-10)17-7-6-11-4-2-3-5-13(11)17/h8,11,13,18H,2-7,9H2,1H3. The molecule has 0 aromatic carbocycles. The lowest BCUT2D eigenvalue weighted by Gasteiger charge is -2.31. The maximum Gasteiger partial charge on any atom is 0.225 e. The highest BCUT2D eigenvalue weighted by Crippen LogP contribution is 2.37. The fraction of sp³-hybridized carbons (Fsp3) is 0.714. The molecule has 1 aliphatic carbocycles. The first-order chi connectivity index (χ1) is 8.79. The third kappa shape index (κ3) is 1.99. The summed E-state index contributed by atoms with van der Waals surface area (Å²) in [5, 5.41) is 9.17. The van der Waals surface area contributed by atoms with Crippen LogP contribution >= 0.6 is 0 Å². The summed E-state index contributed by atoms with van der Waals surface area (Å²) in [5.74, 6) is 1.71. The summed E-state index contributed by atoms with van der Waals surface area (Å²) in [6, 6.07) is 0.651. The van der Waals surface area contributed by atoms with Gasteiger partial charge in [-0.2, -0.15) is 0 Å². The van der Waals surface area contributed by atoms with Gasteiger partial charge in [0.05, 0.1) is 6.61 Å². The first-order valence-electron chi connectivity index (χ1n) is 6.99. The molecule has 0 radical (unpaired) electrons. The van der Waals surface area contributed by atoms with Gasteiger partial charge < -0.3 is 10.0 Å². The van der Waals surface area contributed by atoms with E-state index in [-0.39, 0.29) is 6.61 Å². The van der Waals surface area contributed by atoms with Gasteiger partial charge in [0.25, 0.3) is 0 Å². The lowest BCUT2D eigenvalue weighted by atomic mass is 9.85. The van der Waals surface area contributed by atoms with Crippen molar-refractivity contribution in [2.75, 3.05) is 11.4 Å². The van der Waals surface area contributed by atoms with E-state index in [1.165, 1.54) is 32.1 Å². The molecule has 0 amide bonds. The van der Waals surface area contributed by atoms with Crippen LogP contribution in [0.1, 0.15) is 43.4 Å². The van der Waals surface area contributed by atoms with Crippen molar-refractivity contribution in [2.24, 2.45) is 5.92 Å². The van der Waals surface area contributed by atoms with Crippen molar-refractivity contribution in [1.82, 2.24) is 9.97 Å². The van der Waals surface area contributed by atoms with Crippen LogP contribution in [0.4, 0.5) is 5.95 Å². The summed E-state index contributed by atoms with van der Waals surface area (Å²) in [6.07, 6.45) is 8.44. The molecule has 0 bridgehead atoms. The molecule has 1 N–H and O–H groups in total. The lowest BCUT2D eigenvalue weighted by molar-refractivity contribution is 0.280. The Bertz CT molecular complexity index is 435. The Morgan fingerprint density at radius 1 is 1.33 bits per heavy atom. The van der Waals surface area contributed by atoms with E-state index in [0.29, 0.717) is 6.04 Å². The quantitative estimate of drug-likeness (QED) is 0.869. The minimum absolute atomic E-state index is 0.0260. The summed E-state index contributed by atoms with van der Waals surface area (Å²) in [4.78, 5) is 11.4. The number of aryl methyl sites for hydroxylation is 1. The van der Waals surface area contributed by atoms with Gasteiger partial charge in [-0.25, -0.2) is 9.97 Å². The zero-order chi connectivity index (χ0) is 12.5. The SMILES string of the molecule is Cc1nc(N2CCC3CCCCC32)ncc1CO. The predicted molar refractivity (Wildman–Crippen MR) is 70.4 cm³/mol. The zero-order valence-electron chi connectivity index (χ0n) is 11.0. The van der Waals surface area contributed by atoms with Crippen molar-refractivity contribution in [3.63, 3.8) is 0 Å². The van der Waals surface area contributed by atoms with Crippen LogP contribution < -0.4 is 4.90 Å². The predicted octanol–water partition coefficient (Wildman–Crippen LogP) is 2.05. The summed E-state index contributed by atoms with van der Waals surface area (Å²) in [6.45, 7) is 3.07. The smallest absolute Gasteiger partial charge is 0.225 e. The van der Waals surface area contributed by atoms with E-state index >= 15 is 0 Å². The minimum atomic E-state index is 0.0260. The van der Waals surface area contributed by atoms with Crippen LogP contribution in [0.5, 0.6) is 0 Å². The second-order valence-electron chi connectivity index (χ2n) is 5.53. The monoisotopic (exact) mass is 247 g/mol. The van der Waals surface area contributed by atoms with Crippen LogP contribution in [0, 0.1) is 12.8 Å². The number of aliphatic hydroxyl groups is 1. The number of hydrogen-bond acceptors (Lipinski definition) is 4. The van der Waals surface area contributed by atoms with Gasteiger partial charge >= 0.3 is 0 Å². The fourth-order valence-electron chi connectivity index (χ4n) is 3.43. The molecule has 2 fully saturated rings. The Morgan fingerprint density at radius 3 is 2.94 bits per heavy atom. The van der Waals surface area contributed by atoms with Crippen LogP contribution in [0.3, 0.4) is 0 Å². The Hall–Kier alpha value is -1.16. The molecule has 2 aliphatic rings. The zero-order valence-corrected chi connectivity index (χ0v) is 11.0. The molecule has 4 heteroatoms. The third-order valence-electron chi connectivity index (χ3n) is 4.51. The fourth-order valence-corrected chi connectivity index (χ4v) is 3.43. The molecular weight excluding hydrogens is 226 g/mol. The van der Waals surface area contributed by atoms with Gasteiger partial charge in [0.2, 0.25) is 5.95 Å². The first kappa shape index (κ1) is 11.9. The van der Waals surface area contributed by atoms with Crippen molar-refractivity contribution in [2.45, 2.75) is 51.7 Å². The van der Waals surface area contributed by atoms with Crippen LogP contribution in [0.15, 0.2) is 6.20 Å². The molecule has 3 rings (SSSR count). The molecule has 2 heterocycles. The van der Waals surface area contributed by atoms with Crippen molar-refractivity contribution in [3.8, 4) is 0 Å². The summed E-state index contributed by atoms with van der Waals surface area (Å²) >= 11 is 0. The highest BCUT2D eigenvalue weighted by atomic mass is 16.3. The Balaban J connectivity index is 1.84. The van der Waals surface area contributed by atoms with E-state index in [1.54, 1.807) is 6.20 Å². The van der Waals surface area contributed by atoms with Gasteiger partial charge in [-0.05, 0) is 32.1 Å². The highest BCUT2D eigenvalue weighted by molar-refractivity contribution is 5.36. The van der Waals surface area contributed by atoms with E-state index in [1.807, 2.05) is 6.92 Å². The molecule has 4 nitrogen and oxygen atoms in total. The number of aromatic nitrogens is 2. The molecule has 0 spiro atoms. The number of rotatable bonds is 2. The van der Waals surface area contributed by atoms with Gasteiger partial charge in [0, 0.05) is 30.0 Å². The summed E-state index contributed by atoms with van der Waals surface area (Å²) < 4.78 is 0. The average molecular weight is 247 g/mol. The number of fused-ring (bicyclic) bond motifs is 1. The van der Waals surface area contributed by atoms with Crippen molar-refractivity contribution >= 4 is 5.95 Å². The maximum absolute atomic E-state index is 9.17. The largest absolute Gasteiger partial charge is 0.392 e. The second-order valence-corrected chi connectivity index (χ2v) is 5.53. The Morgan fingerprint density at radius 2 is 2.17 bits per heavy atom. The van der Waals surface area contributed by atoms with Gasteiger partial charge in [-0.3, -0.25) is 0 Å². The molecular formula is C14H21N3O. The topological polar surface area (TPSA) is 49.2 Å². The number of nitrogens with zero attached hydrogens (tertiary/aromatic N) is 3. The van der Waals surface area contributed by atoms with Crippen LogP contribution in [-0.4, -0.2) is 27.7 Å². The maximum atomic E-state index is 9.17. The molecule has 1 saturated heterocycles. The molecule has 1 saturated carbocycles. The van der Waals surface area contributed by atoms with Gasteiger partial charge in [-0.15, -0.1) is 0 Å². The summed E-state index contributed by atoms with van der Waals surface area (Å²) in [5.41, 5.74) is 1.74. The molecule has 1 aromatic rings. The molecule has 1 aromatic heterocycles. The average Bonchev–Trinajstić information content (AvgIpc) is 2.82. The van der Waals surface area contributed by atoms with Gasteiger partial charge in [0.1, 0.15) is 0 Å². The highest BCUT2D eigenvalue weighted by Gasteiger charge is 2.36. The second kappa shape index (κ2) is 4.84. The van der Waals surface area contributed by atoms with Crippen molar-refractivity contribution in [3.05, 3.63) is 17.5 Å². The third-order valence-corrected chi connectivity index (χ3v) is 4.51. The van der Waals surface area contributed by atoms with Crippen LogP contribution in [-0.2, 0) is 6.61 Å². The molecule has 1 aliphatic heterocycles. The van der Waals surface area contributed by atoms with E-state index < -0.39 is 0 Å². The van der Waals surface area contributed by atoms with E-state index in [9.17, 15) is 0 Å². The number of anilines is 1. The molecule has 2 atom stereocenters. The lowest BCUT2D eigenvalue weighted by Crippen LogP contribution is -2.36. The normalized spacial score (nSPS) is 27.3. The molecule has 2 unspecified atom stereocenters. The van der Waals surface area contributed by atoms with Crippen LogP contribution in [0.25, 0.3) is 0 Å². The van der Waals surface area contributed by atoms with Crippen molar-refractivity contribution in [1.29, 1.82) is 0 Å². The van der Waals surface area contributed by atoms with Gasteiger partial charge in [-0.1, -0.05) is 12.8 Å². The Labute approximate surface area is 108 Å². The first-order valence-corrected chi connectivity index (χ1v) is 6.99. The van der Waals surface area contributed by atoms with Crippen LogP contribution in [0.2, 0.25) is 0 Å².